The van der Waals surface area contributed by atoms with Crippen LogP contribution in [0.5, 0.6) is 0 Å². The molecule has 0 radical (unpaired) electrons. The summed E-state index contributed by atoms with van der Waals surface area (Å²) in [6.45, 7) is 4.21. The zero-order valence-corrected chi connectivity index (χ0v) is 13.6. The smallest absolute Gasteiger partial charge is 0.306 e. The van der Waals surface area contributed by atoms with E-state index in [-0.39, 0.29) is 23.2 Å². The molecule has 2 aliphatic rings. The van der Waals surface area contributed by atoms with Crippen molar-refractivity contribution in [3.05, 3.63) is 0 Å². The van der Waals surface area contributed by atoms with Crippen LogP contribution in [-0.2, 0) is 14.3 Å². The maximum absolute atomic E-state index is 12.3. The van der Waals surface area contributed by atoms with E-state index in [2.05, 4.69) is 5.32 Å². The summed E-state index contributed by atoms with van der Waals surface area (Å²) in [5.74, 6) is -1.18. The van der Waals surface area contributed by atoms with Crippen molar-refractivity contribution in [3.63, 3.8) is 0 Å². The van der Waals surface area contributed by atoms with E-state index in [9.17, 15) is 9.59 Å². The molecule has 0 aromatic heterocycles. The molecule has 2 N–H and O–H groups in total. The molecule has 5 heteroatoms. The standard InChI is InChI=1S/C17H29NO4/c1-2-22-10-9-17(7-4-8-17)12-18-15(19)13-5-3-6-14(11-13)16(20)21/h13-14H,2-12H2,1H3,(H,18,19)(H,20,21). The molecule has 0 spiro atoms. The van der Waals surface area contributed by atoms with Crippen LogP contribution >= 0.6 is 0 Å². The largest absolute Gasteiger partial charge is 0.481 e. The highest BCUT2D eigenvalue weighted by Crippen LogP contribution is 2.43. The van der Waals surface area contributed by atoms with E-state index in [1.54, 1.807) is 0 Å². The van der Waals surface area contributed by atoms with Crippen LogP contribution in [-0.4, -0.2) is 36.7 Å². The molecule has 0 aromatic rings. The third kappa shape index (κ3) is 4.45. The van der Waals surface area contributed by atoms with Gasteiger partial charge in [-0.3, -0.25) is 9.59 Å². The van der Waals surface area contributed by atoms with E-state index in [0.29, 0.717) is 19.4 Å². The number of amides is 1. The van der Waals surface area contributed by atoms with Gasteiger partial charge < -0.3 is 15.2 Å². The average molecular weight is 311 g/mol. The molecule has 0 saturated heterocycles. The van der Waals surface area contributed by atoms with Gasteiger partial charge in [-0.05, 0) is 50.9 Å². The Morgan fingerprint density at radius 2 is 1.95 bits per heavy atom. The number of carboxylic acid groups (broad SMARTS) is 1. The van der Waals surface area contributed by atoms with E-state index in [4.69, 9.17) is 9.84 Å². The number of aliphatic carboxylic acids is 1. The van der Waals surface area contributed by atoms with Crippen molar-refractivity contribution < 1.29 is 19.4 Å². The molecule has 0 aromatic carbocycles. The lowest BCUT2D eigenvalue weighted by atomic mass is 9.66. The first-order chi connectivity index (χ1) is 10.6. The van der Waals surface area contributed by atoms with Crippen LogP contribution in [0.25, 0.3) is 0 Å². The molecule has 22 heavy (non-hydrogen) atoms. The Morgan fingerprint density at radius 3 is 2.55 bits per heavy atom. The van der Waals surface area contributed by atoms with Crippen LogP contribution in [0.1, 0.15) is 58.3 Å². The zero-order valence-electron chi connectivity index (χ0n) is 13.6. The Hall–Kier alpha value is -1.10. The molecule has 2 atom stereocenters. The number of ether oxygens (including phenoxy) is 1. The highest BCUT2D eigenvalue weighted by molar-refractivity contribution is 5.80. The number of hydrogen-bond acceptors (Lipinski definition) is 3. The summed E-state index contributed by atoms with van der Waals surface area (Å²) in [6.07, 6.45) is 7.40. The van der Waals surface area contributed by atoms with E-state index in [1.807, 2.05) is 6.92 Å². The minimum absolute atomic E-state index is 0.0497. The van der Waals surface area contributed by atoms with Gasteiger partial charge in [0.25, 0.3) is 0 Å². The van der Waals surface area contributed by atoms with Crippen LogP contribution in [0.3, 0.4) is 0 Å². The maximum Gasteiger partial charge on any atom is 0.306 e. The molecule has 2 aliphatic carbocycles. The molecular formula is C17H29NO4. The number of carbonyl (C=O) groups excluding carboxylic acids is 1. The van der Waals surface area contributed by atoms with Gasteiger partial charge in [-0.1, -0.05) is 12.8 Å². The van der Waals surface area contributed by atoms with Crippen LogP contribution in [0.15, 0.2) is 0 Å². The summed E-state index contributed by atoms with van der Waals surface area (Å²) < 4.78 is 5.45. The van der Waals surface area contributed by atoms with Gasteiger partial charge in [0.15, 0.2) is 0 Å². The number of rotatable bonds is 8. The Kier molecular flexibility index (Phi) is 6.24. The topological polar surface area (TPSA) is 75.6 Å². The quantitative estimate of drug-likeness (QED) is 0.676. The number of nitrogens with one attached hydrogen (secondary N) is 1. The predicted molar refractivity (Wildman–Crippen MR) is 83.5 cm³/mol. The predicted octanol–water partition coefficient (Wildman–Crippen LogP) is 2.59. The highest BCUT2D eigenvalue weighted by atomic mass is 16.5. The van der Waals surface area contributed by atoms with Gasteiger partial charge in [0.05, 0.1) is 5.92 Å². The lowest BCUT2D eigenvalue weighted by Gasteiger charge is -2.42. The van der Waals surface area contributed by atoms with Gasteiger partial charge in [0, 0.05) is 25.7 Å². The third-order valence-corrected chi connectivity index (χ3v) is 5.43. The Morgan fingerprint density at radius 1 is 1.23 bits per heavy atom. The van der Waals surface area contributed by atoms with Gasteiger partial charge in [-0.2, -0.15) is 0 Å². The molecule has 2 rings (SSSR count). The SMILES string of the molecule is CCOCCC1(CNC(=O)C2CCCC(C(=O)O)C2)CCC1. The lowest BCUT2D eigenvalue weighted by molar-refractivity contribution is -0.144. The average Bonchev–Trinajstić information content (AvgIpc) is 2.49. The second-order valence-electron chi connectivity index (χ2n) is 6.92. The molecule has 126 valence electrons. The van der Waals surface area contributed by atoms with E-state index >= 15 is 0 Å². The van der Waals surface area contributed by atoms with Gasteiger partial charge in [-0.25, -0.2) is 0 Å². The molecule has 1 amide bonds. The summed E-state index contributed by atoms with van der Waals surface area (Å²) >= 11 is 0. The molecular weight excluding hydrogens is 282 g/mol. The van der Waals surface area contributed by atoms with Gasteiger partial charge in [0.1, 0.15) is 0 Å². The normalized spacial score (nSPS) is 27.0. The minimum Gasteiger partial charge on any atom is -0.481 e. The third-order valence-electron chi connectivity index (χ3n) is 5.43. The minimum atomic E-state index is -0.760. The van der Waals surface area contributed by atoms with Crippen molar-refractivity contribution >= 4 is 11.9 Å². The van der Waals surface area contributed by atoms with Crippen molar-refractivity contribution in [3.8, 4) is 0 Å². The van der Waals surface area contributed by atoms with Crippen LogP contribution < -0.4 is 5.32 Å². The van der Waals surface area contributed by atoms with E-state index < -0.39 is 5.97 Å². The summed E-state index contributed by atoms with van der Waals surface area (Å²) in [5.41, 5.74) is 0.214. The first kappa shape index (κ1) is 17.3. The van der Waals surface area contributed by atoms with Crippen molar-refractivity contribution in [2.24, 2.45) is 17.3 Å². The van der Waals surface area contributed by atoms with E-state index in [1.165, 1.54) is 6.42 Å². The Bertz CT molecular complexity index is 392. The second kappa shape index (κ2) is 7.95. The fourth-order valence-electron chi connectivity index (χ4n) is 3.70. The van der Waals surface area contributed by atoms with Crippen molar-refractivity contribution in [2.45, 2.75) is 58.3 Å². The molecule has 2 saturated carbocycles. The monoisotopic (exact) mass is 311 g/mol. The molecule has 0 heterocycles. The van der Waals surface area contributed by atoms with Crippen LogP contribution in [0.4, 0.5) is 0 Å². The molecule has 2 fully saturated rings. The second-order valence-corrected chi connectivity index (χ2v) is 6.92. The van der Waals surface area contributed by atoms with E-state index in [0.717, 1.165) is 45.3 Å². The fraction of sp³-hybridized carbons (Fsp3) is 0.882. The van der Waals surface area contributed by atoms with Gasteiger partial charge in [0.2, 0.25) is 5.91 Å². The first-order valence-corrected chi connectivity index (χ1v) is 8.64. The maximum atomic E-state index is 12.3. The zero-order chi connectivity index (χ0) is 16.0. The fourth-order valence-corrected chi connectivity index (χ4v) is 3.70. The van der Waals surface area contributed by atoms with Crippen molar-refractivity contribution in [2.75, 3.05) is 19.8 Å². The van der Waals surface area contributed by atoms with Crippen molar-refractivity contribution in [1.82, 2.24) is 5.32 Å². The molecule has 0 bridgehead atoms. The molecule has 0 aliphatic heterocycles. The van der Waals surface area contributed by atoms with Crippen molar-refractivity contribution in [1.29, 1.82) is 0 Å². The Balaban J connectivity index is 1.77. The van der Waals surface area contributed by atoms with Gasteiger partial charge >= 0.3 is 5.97 Å². The Labute approximate surface area is 132 Å². The molecule has 5 nitrogen and oxygen atoms in total. The summed E-state index contributed by atoms with van der Waals surface area (Å²) in [7, 11) is 0. The number of carboxylic acids is 1. The lowest BCUT2D eigenvalue weighted by Crippen LogP contribution is -2.45. The highest BCUT2D eigenvalue weighted by Gasteiger charge is 2.38. The molecule has 2 unspecified atom stereocenters. The number of carbonyl (C=O) groups is 2. The van der Waals surface area contributed by atoms with Crippen LogP contribution in [0.2, 0.25) is 0 Å². The summed E-state index contributed by atoms with van der Waals surface area (Å²) in [5, 5.41) is 12.2. The first-order valence-electron chi connectivity index (χ1n) is 8.64. The van der Waals surface area contributed by atoms with Gasteiger partial charge in [-0.15, -0.1) is 0 Å². The summed E-state index contributed by atoms with van der Waals surface area (Å²) in [4.78, 5) is 23.4. The summed E-state index contributed by atoms with van der Waals surface area (Å²) in [6, 6.07) is 0. The van der Waals surface area contributed by atoms with Crippen LogP contribution in [0, 0.1) is 17.3 Å². The number of hydrogen-bond donors (Lipinski definition) is 2.